The summed E-state index contributed by atoms with van der Waals surface area (Å²) in [5.74, 6) is 0.648. The first-order valence-corrected chi connectivity index (χ1v) is 5.10. The molecule has 0 aliphatic heterocycles. The highest BCUT2D eigenvalue weighted by Gasteiger charge is 1.96. The second-order valence-corrected chi connectivity index (χ2v) is 3.32. The number of carbonyl (C=O) groups excluding carboxylic acids is 1. The Kier molecular flexibility index (Phi) is 4.87. The highest BCUT2D eigenvalue weighted by Crippen LogP contribution is 2.15. The number of rotatable bonds is 5. The van der Waals surface area contributed by atoms with Crippen molar-refractivity contribution < 1.29 is 9.53 Å². The minimum absolute atomic E-state index is 0.0947. The molecule has 4 nitrogen and oxygen atoms in total. The van der Waals surface area contributed by atoms with Gasteiger partial charge in [-0.2, -0.15) is 5.26 Å². The van der Waals surface area contributed by atoms with Crippen molar-refractivity contribution in [3.63, 3.8) is 0 Å². The van der Waals surface area contributed by atoms with Crippen molar-refractivity contribution >= 4 is 11.6 Å². The SMILES string of the molecule is CC(=O)Nc1ccc(OCCCC#N)cc1. The lowest BCUT2D eigenvalue weighted by Crippen LogP contribution is -2.05. The van der Waals surface area contributed by atoms with E-state index in [0.717, 1.165) is 17.9 Å². The standard InChI is InChI=1S/C12H14N2O2/c1-10(15)14-11-4-6-12(7-5-11)16-9-3-2-8-13/h4-7H,2-3,9H2,1H3,(H,14,15). The number of nitriles is 1. The smallest absolute Gasteiger partial charge is 0.221 e. The fourth-order valence-corrected chi connectivity index (χ4v) is 1.18. The summed E-state index contributed by atoms with van der Waals surface area (Å²) < 4.78 is 5.40. The fraction of sp³-hybridized carbons (Fsp3) is 0.333. The summed E-state index contributed by atoms with van der Waals surface area (Å²) in [6, 6.07) is 9.19. The number of hydrogen-bond acceptors (Lipinski definition) is 3. The van der Waals surface area contributed by atoms with Crippen LogP contribution in [-0.4, -0.2) is 12.5 Å². The van der Waals surface area contributed by atoms with Gasteiger partial charge in [0.1, 0.15) is 5.75 Å². The first-order valence-electron chi connectivity index (χ1n) is 5.10. The van der Waals surface area contributed by atoms with Gasteiger partial charge < -0.3 is 10.1 Å². The van der Waals surface area contributed by atoms with E-state index < -0.39 is 0 Å². The molecule has 84 valence electrons. The van der Waals surface area contributed by atoms with Crippen molar-refractivity contribution in [2.45, 2.75) is 19.8 Å². The van der Waals surface area contributed by atoms with E-state index in [1.54, 1.807) is 24.3 Å². The minimum Gasteiger partial charge on any atom is -0.494 e. The molecule has 1 N–H and O–H groups in total. The first-order chi connectivity index (χ1) is 7.72. The third-order valence-corrected chi connectivity index (χ3v) is 1.88. The van der Waals surface area contributed by atoms with Crippen molar-refractivity contribution in [1.29, 1.82) is 5.26 Å². The maximum absolute atomic E-state index is 10.8. The van der Waals surface area contributed by atoms with Gasteiger partial charge in [-0.1, -0.05) is 0 Å². The number of nitrogens with one attached hydrogen (secondary N) is 1. The molecule has 0 spiro atoms. The van der Waals surface area contributed by atoms with Crippen LogP contribution in [0.1, 0.15) is 19.8 Å². The lowest BCUT2D eigenvalue weighted by molar-refractivity contribution is -0.114. The summed E-state index contributed by atoms with van der Waals surface area (Å²) in [6.07, 6.45) is 1.23. The molecule has 0 bridgehead atoms. The quantitative estimate of drug-likeness (QED) is 0.771. The number of nitrogens with zero attached hydrogens (tertiary/aromatic N) is 1. The van der Waals surface area contributed by atoms with Crippen LogP contribution in [0.4, 0.5) is 5.69 Å². The molecule has 1 amide bonds. The topological polar surface area (TPSA) is 62.1 Å². The summed E-state index contributed by atoms with van der Waals surface area (Å²) in [5, 5.41) is 11.0. The summed E-state index contributed by atoms with van der Waals surface area (Å²) in [7, 11) is 0. The molecule has 1 rings (SSSR count). The summed E-state index contributed by atoms with van der Waals surface area (Å²) in [5.41, 5.74) is 0.747. The average Bonchev–Trinajstić information content (AvgIpc) is 2.26. The Morgan fingerprint density at radius 2 is 2.12 bits per heavy atom. The molecular formula is C12H14N2O2. The maximum Gasteiger partial charge on any atom is 0.221 e. The van der Waals surface area contributed by atoms with Crippen molar-refractivity contribution in [1.82, 2.24) is 0 Å². The molecule has 0 aromatic heterocycles. The number of unbranched alkanes of at least 4 members (excludes halogenated alkanes) is 1. The summed E-state index contributed by atoms with van der Waals surface area (Å²) in [6.45, 7) is 2.00. The Balaban J connectivity index is 2.39. The van der Waals surface area contributed by atoms with E-state index in [1.807, 2.05) is 0 Å². The largest absolute Gasteiger partial charge is 0.494 e. The molecule has 0 unspecified atom stereocenters. The minimum atomic E-state index is -0.0947. The third-order valence-electron chi connectivity index (χ3n) is 1.88. The maximum atomic E-state index is 10.8. The summed E-state index contributed by atoms with van der Waals surface area (Å²) in [4.78, 5) is 10.8. The van der Waals surface area contributed by atoms with Gasteiger partial charge in [-0.3, -0.25) is 4.79 Å². The normalized spacial score (nSPS) is 9.25. The molecule has 0 saturated carbocycles. The first kappa shape index (κ1) is 12.1. The van der Waals surface area contributed by atoms with Gasteiger partial charge in [-0.25, -0.2) is 0 Å². The molecule has 1 aromatic carbocycles. The van der Waals surface area contributed by atoms with Gasteiger partial charge in [-0.15, -0.1) is 0 Å². The van der Waals surface area contributed by atoms with Crippen LogP contribution in [0.2, 0.25) is 0 Å². The van der Waals surface area contributed by atoms with Crippen LogP contribution in [-0.2, 0) is 4.79 Å². The number of amides is 1. The molecule has 0 heterocycles. The van der Waals surface area contributed by atoms with Crippen LogP contribution in [0.3, 0.4) is 0 Å². The zero-order valence-electron chi connectivity index (χ0n) is 9.19. The average molecular weight is 218 g/mol. The second-order valence-electron chi connectivity index (χ2n) is 3.32. The lowest BCUT2D eigenvalue weighted by Gasteiger charge is -2.06. The summed E-state index contributed by atoms with van der Waals surface area (Å²) >= 11 is 0. The van der Waals surface area contributed by atoms with E-state index in [4.69, 9.17) is 10.00 Å². The van der Waals surface area contributed by atoms with E-state index in [1.165, 1.54) is 6.92 Å². The van der Waals surface area contributed by atoms with Gasteiger partial charge in [0, 0.05) is 19.0 Å². The molecule has 0 aliphatic rings. The monoisotopic (exact) mass is 218 g/mol. The zero-order chi connectivity index (χ0) is 11.8. The van der Waals surface area contributed by atoms with E-state index in [0.29, 0.717) is 13.0 Å². The Morgan fingerprint density at radius 1 is 1.44 bits per heavy atom. The van der Waals surface area contributed by atoms with Gasteiger partial charge in [0.2, 0.25) is 5.91 Å². The molecule has 16 heavy (non-hydrogen) atoms. The predicted octanol–water partition coefficient (Wildman–Crippen LogP) is 2.33. The predicted molar refractivity (Wildman–Crippen MR) is 61.1 cm³/mol. The zero-order valence-corrected chi connectivity index (χ0v) is 9.19. The van der Waals surface area contributed by atoms with Crippen molar-refractivity contribution in [3.8, 4) is 11.8 Å². The van der Waals surface area contributed by atoms with E-state index >= 15 is 0 Å². The van der Waals surface area contributed by atoms with Crippen LogP contribution in [0.5, 0.6) is 5.75 Å². The molecular weight excluding hydrogens is 204 g/mol. The van der Waals surface area contributed by atoms with Gasteiger partial charge in [0.25, 0.3) is 0 Å². The van der Waals surface area contributed by atoms with Crippen LogP contribution in [0.25, 0.3) is 0 Å². The van der Waals surface area contributed by atoms with Gasteiger partial charge in [0.05, 0.1) is 12.7 Å². The Labute approximate surface area is 94.8 Å². The van der Waals surface area contributed by atoms with Gasteiger partial charge in [0.15, 0.2) is 0 Å². The van der Waals surface area contributed by atoms with Crippen LogP contribution in [0.15, 0.2) is 24.3 Å². The van der Waals surface area contributed by atoms with Crippen molar-refractivity contribution in [2.75, 3.05) is 11.9 Å². The fourth-order valence-electron chi connectivity index (χ4n) is 1.18. The number of benzene rings is 1. The number of anilines is 1. The number of carbonyl (C=O) groups is 1. The van der Waals surface area contributed by atoms with Crippen LogP contribution >= 0.6 is 0 Å². The second kappa shape index (κ2) is 6.46. The van der Waals surface area contributed by atoms with Gasteiger partial charge >= 0.3 is 0 Å². The van der Waals surface area contributed by atoms with Crippen LogP contribution in [0, 0.1) is 11.3 Å². The lowest BCUT2D eigenvalue weighted by atomic mass is 10.3. The molecule has 0 fully saturated rings. The molecule has 4 heteroatoms. The Morgan fingerprint density at radius 3 is 2.69 bits per heavy atom. The van der Waals surface area contributed by atoms with E-state index in [2.05, 4.69) is 11.4 Å². The van der Waals surface area contributed by atoms with E-state index in [9.17, 15) is 4.79 Å². The highest BCUT2D eigenvalue weighted by molar-refractivity contribution is 5.88. The molecule has 0 saturated heterocycles. The van der Waals surface area contributed by atoms with E-state index in [-0.39, 0.29) is 5.91 Å². The van der Waals surface area contributed by atoms with Crippen LogP contribution < -0.4 is 10.1 Å². The van der Waals surface area contributed by atoms with Crippen molar-refractivity contribution in [2.24, 2.45) is 0 Å². The third kappa shape index (κ3) is 4.47. The van der Waals surface area contributed by atoms with Crippen molar-refractivity contribution in [3.05, 3.63) is 24.3 Å². The number of hydrogen-bond donors (Lipinski definition) is 1. The molecule has 0 aliphatic carbocycles. The molecule has 1 aromatic rings. The molecule has 0 atom stereocenters. The molecule has 0 radical (unpaired) electrons. The highest BCUT2D eigenvalue weighted by atomic mass is 16.5. The Bertz CT molecular complexity index is 379. The van der Waals surface area contributed by atoms with Gasteiger partial charge in [-0.05, 0) is 30.7 Å². The Hall–Kier alpha value is -2.02. The number of ether oxygens (including phenoxy) is 1.